The van der Waals surface area contributed by atoms with Crippen molar-refractivity contribution >= 4 is 24.0 Å². The van der Waals surface area contributed by atoms with E-state index in [4.69, 9.17) is 14.2 Å². The average Bonchev–Trinajstić information content (AvgIpc) is 3.35. The lowest BCUT2D eigenvalue weighted by molar-refractivity contribution is -0.141. The van der Waals surface area contributed by atoms with Crippen LogP contribution in [0.5, 0.6) is 0 Å². The quantitative estimate of drug-likeness (QED) is 0.319. The Kier molecular flexibility index (Phi) is 8.52. The molecule has 0 amide bonds. The van der Waals surface area contributed by atoms with Gasteiger partial charge in [-0.25, -0.2) is 4.79 Å². The van der Waals surface area contributed by atoms with Gasteiger partial charge < -0.3 is 24.5 Å². The second kappa shape index (κ2) is 11.6. The smallest absolute Gasteiger partial charge is 0.332 e. The summed E-state index contributed by atoms with van der Waals surface area (Å²) in [5, 5.41) is 3.33. The Hall–Kier alpha value is -3.81. The topological polar surface area (TPSA) is 107 Å². The summed E-state index contributed by atoms with van der Waals surface area (Å²) in [4.78, 5) is 39.2. The number of rotatable bonds is 9. The van der Waals surface area contributed by atoms with E-state index in [0.717, 1.165) is 33.8 Å². The van der Waals surface area contributed by atoms with E-state index in [-0.39, 0.29) is 36.8 Å². The van der Waals surface area contributed by atoms with Gasteiger partial charge in [-0.15, -0.1) is 0 Å². The highest BCUT2D eigenvalue weighted by molar-refractivity contribution is 5.83. The highest BCUT2D eigenvalue weighted by Crippen LogP contribution is 2.39. The van der Waals surface area contributed by atoms with Crippen LogP contribution in [0.3, 0.4) is 0 Å². The van der Waals surface area contributed by atoms with E-state index in [9.17, 15) is 14.4 Å². The number of aryl methyl sites for hydroxylation is 1. The summed E-state index contributed by atoms with van der Waals surface area (Å²) < 4.78 is 15.0. The lowest BCUT2D eigenvalue weighted by Crippen LogP contribution is -2.14. The van der Waals surface area contributed by atoms with Gasteiger partial charge in [0, 0.05) is 41.2 Å². The van der Waals surface area contributed by atoms with Crippen LogP contribution in [0.1, 0.15) is 49.1 Å². The number of aromatic nitrogens is 1. The zero-order valence-electron chi connectivity index (χ0n) is 20.6. The summed E-state index contributed by atoms with van der Waals surface area (Å²) >= 11 is 0. The second-order valence-corrected chi connectivity index (χ2v) is 9.04. The minimum atomic E-state index is -0.412. The second-order valence-electron chi connectivity index (χ2n) is 9.04. The molecule has 35 heavy (non-hydrogen) atoms. The van der Waals surface area contributed by atoms with Gasteiger partial charge in [-0.1, -0.05) is 44.2 Å². The van der Waals surface area contributed by atoms with Crippen LogP contribution in [0.4, 0.5) is 0 Å². The van der Waals surface area contributed by atoms with Crippen molar-refractivity contribution in [1.29, 1.82) is 0 Å². The molecule has 2 N–H and O–H groups in total. The van der Waals surface area contributed by atoms with Crippen molar-refractivity contribution in [2.75, 3.05) is 14.2 Å². The molecule has 0 bridgehead atoms. The lowest BCUT2D eigenvalue weighted by atomic mass is 9.87. The first-order chi connectivity index (χ1) is 16.7. The van der Waals surface area contributed by atoms with E-state index < -0.39 is 5.97 Å². The summed E-state index contributed by atoms with van der Waals surface area (Å²) in [5.74, 6) is -1.10. The van der Waals surface area contributed by atoms with Crippen LogP contribution in [0.25, 0.3) is 6.08 Å². The van der Waals surface area contributed by atoms with Crippen LogP contribution in [-0.4, -0.2) is 37.1 Å². The minimum absolute atomic E-state index is 0.0740. The third-order valence-electron chi connectivity index (χ3n) is 5.95. The zero-order valence-corrected chi connectivity index (χ0v) is 20.6. The average molecular weight is 481 g/mol. The van der Waals surface area contributed by atoms with Crippen LogP contribution >= 0.6 is 0 Å². The number of esters is 3. The van der Waals surface area contributed by atoms with Gasteiger partial charge in [-0.2, -0.15) is 0 Å². The fourth-order valence-corrected chi connectivity index (χ4v) is 3.96. The number of allylic oxidation sites excluding steroid dienone is 2. The molecule has 2 aromatic rings. The first-order valence-electron chi connectivity index (χ1n) is 11.4. The number of carbonyl (C=O) groups is 3. The Bertz CT molecular complexity index is 1130. The van der Waals surface area contributed by atoms with E-state index in [1.54, 1.807) is 6.20 Å². The monoisotopic (exact) mass is 480 g/mol. The molecule has 3 rings (SSSR count). The standard InChI is InChI=1S/C27H32N2O6/c1-27(2)15-20(12-26(32)35-17-18-8-6-5-7-9-18)29-23(27)14-22-21(13-25(31)34-4)19(16-28-22)10-11-24(30)33-3/h5-9,12,14,16,28-29H,10-11,13,15,17H2,1-4H3/b20-12+,23-14-. The van der Waals surface area contributed by atoms with Crippen molar-refractivity contribution < 1.29 is 28.6 Å². The number of methoxy groups -OCH3 is 2. The van der Waals surface area contributed by atoms with Gasteiger partial charge >= 0.3 is 17.9 Å². The van der Waals surface area contributed by atoms with E-state index in [1.165, 1.54) is 20.3 Å². The molecule has 0 unspecified atom stereocenters. The highest BCUT2D eigenvalue weighted by atomic mass is 16.5. The molecular formula is C27H32N2O6. The number of nitrogens with one attached hydrogen (secondary N) is 2. The Morgan fingerprint density at radius 3 is 2.46 bits per heavy atom. The fourth-order valence-electron chi connectivity index (χ4n) is 3.96. The maximum atomic E-state index is 12.4. The molecule has 1 aliphatic rings. The summed E-state index contributed by atoms with van der Waals surface area (Å²) in [6.45, 7) is 4.36. The molecule has 0 atom stereocenters. The maximum Gasteiger partial charge on any atom is 0.332 e. The van der Waals surface area contributed by atoms with E-state index in [2.05, 4.69) is 24.1 Å². The molecule has 1 aromatic heterocycles. The molecule has 0 saturated carbocycles. The fraction of sp³-hybridized carbons (Fsp3) is 0.370. The molecule has 0 spiro atoms. The number of benzene rings is 1. The highest BCUT2D eigenvalue weighted by Gasteiger charge is 2.33. The molecule has 0 radical (unpaired) electrons. The molecule has 2 heterocycles. The first kappa shape index (κ1) is 25.8. The number of hydrogen-bond donors (Lipinski definition) is 2. The number of hydrogen-bond acceptors (Lipinski definition) is 7. The van der Waals surface area contributed by atoms with Crippen LogP contribution in [0, 0.1) is 5.41 Å². The van der Waals surface area contributed by atoms with Crippen molar-refractivity contribution in [1.82, 2.24) is 10.3 Å². The third-order valence-corrected chi connectivity index (χ3v) is 5.95. The number of aromatic amines is 1. The Morgan fingerprint density at radius 2 is 1.77 bits per heavy atom. The molecule has 1 saturated heterocycles. The number of H-pyrrole nitrogens is 1. The van der Waals surface area contributed by atoms with Crippen molar-refractivity contribution in [3.63, 3.8) is 0 Å². The normalized spacial score (nSPS) is 16.7. The summed E-state index contributed by atoms with van der Waals surface area (Å²) in [6.07, 6.45) is 6.57. The Labute approximate surface area is 205 Å². The van der Waals surface area contributed by atoms with Crippen molar-refractivity contribution in [2.24, 2.45) is 5.41 Å². The molecule has 1 aliphatic heterocycles. The maximum absolute atomic E-state index is 12.4. The molecule has 1 aromatic carbocycles. The predicted octanol–water partition coefficient (Wildman–Crippen LogP) is 3.82. The first-order valence-corrected chi connectivity index (χ1v) is 11.4. The van der Waals surface area contributed by atoms with Crippen LogP contribution in [0.15, 0.2) is 54.0 Å². The summed E-state index contributed by atoms with van der Waals surface area (Å²) in [6, 6.07) is 9.51. The molecule has 1 fully saturated rings. The molecule has 186 valence electrons. The van der Waals surface area contributed by atoms with Crippen molar-refractivity contribution in [3.05, 3.63) is 76.4 Å². The van der Waals surface area contributed by atoms with Gasteiger partial charge in [0.1, 0.15) is 6.61 Å². The molecule has 8 nitrogen and oxygen atoms in total. The van der Waals surface area contributed by atoms with Crippen molar-refractivity contribution in [3.8, 4) is 0 Å². The third kappa shape index (κ3) is 7.09. The minimum Gasteiger partial charge on any atom is -0.469 e. The van der Waals surface area contributed by atoms with Crippen molar-refractivity contribution in [2.45, 2.75) is 46.1 Å². The lowest BCUT2D eigenvalue weighted by Gasteiger charge is -2.17. The van der Waals surface area contributed by atoms with Crippen LogP contribution < -0.4 is 5.32 Å². The van der Waals surface area contributed by atoms with Gasteiger partial charge in [0.15, 0.2) is 0 Å². The molecule has 8 heteroatoms. The van der Waals surface area contributed by atoms with Gasteiger partial charge in [0.05, 0.1) is 20.6 Å². The summed E-state index contributed by atoms with van der Waals surface area (Å²) in [5.41, 5.74) is 4.67. The van der Waals surface area contributed by atoms with Gasteiger partial charge in [-0.05, 0) is 35.6 Å². The SMILES string of the molecule is COC(=O)CCc1c[nH]c(/C=C2\N/C(=C/C(=O)OCc3ccccc3)CC2(C)C)c1CC(=O)OC. The van der Waals surface area contributed by atoms with Crippen LogP contribution in [-0.2, 0) is 48.0 Å². The number of carbonyl (C=O) groups excluding carboxylic acids is 3. The Morgan fingerprint density at radius 1 is 1.06 bits per heavy atom. The number of ether oxygens (including phenoxy) is 3. The molecular weight excluding hydrogens is 448 g/mol. The van der Waals surface area contributed by atoms with E-state index in [1.807, 2.05) is 36.4 Å². The molecule has 0 aliphatic carbocycles. The van der Waals surface area contributed by atoms with Gasteiger partial charge in [-0.3, -0.25) is 9.59 Å². The summed E-state index contributed by atoms with van der Waals surface area (Å²) in [7, 11) is 2.69. The zero-order chi connectivity index (χ0) is 25.4. The Balaban J connectivity index is 1.77. The van der Waals surface area contributed by atoms with E-state index in [0.29, 0.717) is 12.8 Å². The van der Waals surface area contributed by atoms with Crippen LogP contribution in [0.2, 0.25) is 0 Å². The van der Waals surface area contributed by atoms with Gasteiger partial charge in [0.2, 0.25) is 0 Å². The van der Waals surface area contributed by atoms with Gasteiger partial charge in [0.25, 0.3) is 0 Å². The van der Waals surface area contributed by atoms with E-state index >= 15 is 0 Å². The largest absolute Gasteiger partial charge is 0.469 e. The predicted molar refractivity (Wildman–Crippen MR) is 131 cm³/mol.